The molecule has 21 heavy (non-hydrogen) atoms. The second-order valence-corrected chi connectivity index (χ2v) is 5.75. The number of carbonyl (C=O) groups is 2. The maximum absolute atomic E-state index is 11.9. The number of benzene rings is 1. The Labute approximate surface area is 127 Å². The lowest BCUT2D eigenvalue weighted by molar-refractivity contribution is -0.129. The van der Waals surface area contributed by atoms with E-state index in [1.54, 1.807) is 0 Å². The molecule has 1 aromatic rings. The number of Topliss-reactive ketones (excluding diaryl/α,β-unsaturated/α-hetero) is 1. The number of hydrogen-bond acceptors (Lipinski definition) is 4. The molecule has 0 saturated heterocycles. The first-order chi connectivity index (χ1) is 9.95. The minimum atomic E-state index is 0.0171. The van der Waals surface area contributed by atoms with Gasteiger partial charge in [0.15, 0.2) is 5.78 Å². The summed E-state index contributed by atoms with van der Waals surface area (Å²) < 4.78 is 4.76. The highest BCUT2D eigenvalue weighted by Crippen LogP contribution is 2.13. The molecular weight excluding hydrogens is 266 g/mol. The van der Waals surface area contributed by atoms with Gasteiger partial charge in [0, 0.05) is 30.6 Å². The van der Waals surface area contributed by atoms with Crippen molar-refractivity contribution >= 4 is 12.3 Å². The molecule has 0 unspecified atom stereocenters. The van der Waals surface area contributed by atoms with Crippen LogP contribution in [-0.2, 0) is 16.1 Å². The van der Waals surface area contributed by atoms with Crippen molar-refractivity contribution in [3.05, 3.63) is 35.4 Å². The Morgan fingerprint density at radius 1 is 1.19 bits per heavy atom. The largest absolute Gasteiger partial charge is 0.467 e. The van der Waals surface area contributed by atoms with E-state index in [9.17, 15) is 9.59 Å². The number of carbonyl (C=O) groups excluding carboxylic acids is 2. The van der Waals surface area contributed by atoms with E-state index in [1.807, 2.05) is 38.1 Å². The summed E-state index contributed by atoms with van der Waals surface area (Å²) >= 11 is 0. The highest BCUT2D eigenvalue weighted by atomic mass is 16.5. The monoisotopic (exact) mass is 291 g/mol. The summed E-state index contributed by atoms with van der Waals surface area (Å²) in [6.07, 6.45) is 0. The second-order valence-electron chi connectivity index (χ2n) is 5.75. The summed E-state index contributed by atoms with van der Waals surface area (Å²) in [5, 5.41) is 0. The topological polar surface area (TPSA) is 46.6 Å². The normalized spacial score (nSPS) is 11.2. The van der Waals surface area contributed by atoms with Gasteiger partial charge in [0.05, 0.1) is 0 Å². The van der Waals surface area contributed by atoms with Gasteiger partial charge in [-0.05, 0) is 19.4 Å². The van der Waals surface area contributed by atoms with Gasteiger partial charge < -0.3 is 4.74 Å². The van der Waals surface area contributed by atoms with Gasteiger partial charge in [-0.3, -0.25) is 14.5 Å². The second kappa shape index (κ2) is 8.57. The third-order valence-corrected chi connectivity index (χ3v) is 3.44. The lowest BCUT2D eigenvalue weighted by Gasteiger charge is -2.26. The van der Waals surface area contributed by atoms with Crippen LogP contribution >= 0.6 is 0 Å². The van der Waals surface area contributed by atoms with Crippen LogP contribution in [0.4, 0.5) is 0 Å². The highest BCUT2D eigenvalue weighted by Gasteiger charge is 2.12. The van der Waals surface area contributed by atoms with Gasteiger partial charge in [0.1, 0.15) is 6.61 Å². The van der Waals surface area contributed by atoms with Gasteiger partial charge in [-0.2, -0.15) is 0 Å². The SMILES string of the molecule is CC(C)C(=O)c1ccc(CN(CCOC=O)C(C)C)cc1. The molecule has 4 nitrogen and oxygen atoms in total. The van der Waals surface area contributed by atoms with E-state index in [4.69, 9.17) is 4.74 Å². The molecule has 0 radical (unpaired) electrons. The molecule has 0 saturated carbocycles. The summed E-state index contributed by atoms with van der Waals surface area (Å²) in [5.74, 6) is 0.185. The zero-order valence-corrected chi connectivity index (χ0v) is 13.3. The number of nitrogens with zero attached hydrogens (tertiary/aromatic N) is 1. The molecule has 1 rings (SSSR count). The lowest BCUT2D eigenvalue weighted by atomic mass is 10.00. The predicted molar refractivity (Wildman–Crippen MR) is 83.2 cm³/mol. The molecule has 116 valence electrons. The number of rotatable bonds is 9. The molecule has 0 N–H and O–H groups in total. The average Bonchev–Trinajstić information content (AvgIpc) is 2.46. The van der Waals surface area contributed by atoms with Gasteiger partial charge in [-0.1, -0.05) is 38.1 Å². The number of hydrogen-bond donors (Lipinski definition) is 0. The van der Waals surface area contributed by atoms with Crippen LogP contribution in [0, 0.1) is 5.92 Å². The minimum Gasteiger partial charge on any atom is -0.467 e. The van der Waals surface area contributed by atoms with E-state index in [2.05, 4.69) is 18.7 Å². The van der Waals surface area contributed by atoms with Gasteiger partial charge in [-0.15, -0.1) is 0 Å². The molecule has 4 heteroatoms. The fourth-order valence-electron chi connectivity index (χ4n) is 2.08. The number of ether oxygens (including phenoxy) is 1. The van der Waals surface area contributed by atoms with Gasteiger partial charge in [0.25, 0.3) is 6.47 Å². The van der Waals surface area contributed by atoms with Crippen molar-refractivity contribution in [1.29, 1.82) is 0 Å². The van der Waals surface area contributed by atoms with Crippen LogP contribution in [0.25, 0.3) is 0 Å². The van der Waals surface area contributed by atoms with E-state index in [0.29, 0.717) is 25.7 Å². The van der Waals surface area contributed by atoms with Gasteiger partial charge in [0.2, 0.25) is 0 Å². The van der Waals surface area contributed by atoms with Crippen LogP contribution < -0.4 is 0 Å². The van der Waals surface area contributed by atoms with E-state index >= 15 is 0 Å². The number of ketones is 1. The van der Waals surface area contributed by atoms with E-state index in [1.165, 1.54) is 0 Å². The minimum absolute atomic E-state index is 0.0171. The quantitative estimate of drug-likeness (QED) is 0.399. The predicted octanol–water partition coefficient (Wildman–Crippen LogP) is 2.91. The zero-order valence-electron chi connectivity index (χ0n) is 13.3. The zero-order chi connectivity index (χ0) is 15.8. The summed E-state index contributed by atoms with van der Waals surface area (Å²) in [7, 11) is 0. The van der Waals surface area contributed by atoms with Crippen molar-refractivity contribution in [2.75, 3.05) is 13.2 Å². The highest BCUT2D eigenvalue weighted by molar-refractivity contribution is 5.97. The molecule has 0 fully saturated rings. The Kier molecular flexibility index (Phi) is 7.09. The maximum atomic E-state index is 11.9. The fourth-order valence-corrected chi connectivity index (χ4v) is 2.08. The molecule has 1 aromatic carbocycles. The van der Waals surface area contributed by atoms with Crippen molar-refractivity contribution in [1.82, 2.24) is 4.90 Å². The average molecular weight is 291 g/mol. The molecule has 0 bridgehead atoms. The first-order valence-corrected chi connectivity index (χ1v) is 7.38. The first kappa shape index (κ1) is 17.4. The van der Waals surface area contributed by atoms with Gasteiger partial charge in [-0.25, -0.2) is 0 Å². The van der Waals surface area contributed by atoms with Crippen LogP contribution in [0.3, 0.4) is 0 Å². The summed E-state index contributed by atoms with van der Waals surface area (Å²) in [6.45, 7) is 10.4. The van der Waals surface area contributed by atoms with Crippen LogP contribution in [0.5, 0.6) is 0 Å². The van der Waals surface area contributed by atoms with Crippen LogP contribution in [0.1, 0.15) is 43.6 Å². The van der Waals surface area contributed by atoms with E-state index < -0.39 is 0 Å². The van der Waals surface area contributed by atoms with Crippen molar-refractivity contribution in [3.63, 3.8) is 0 Å². The van der Waals surface area contributed by atoms with E-state index in [0.717, 1.165) is 17.7 Å². The smallest absolute Gasteiger partial charge is 0.293 e. The summed E-state index contributed by atoms with van der Waals surface area (Å²) in [4.78, 5) is 24.3. The lowest BCUT2D eigenvalue weighted by Crippen LogP contribution is -2.33. The third kappa shape index (κ3) is 5.68. The van der Waals surface area contributed by atoms with Crippen molar-refractivity contribution < 1.29 is 14.3 Å². The molecule has 0 atom stereocenters. The molecule has 0 aromatic heterocycles. The Bertz CT molecular complexity index is 452. The van der Waals surface area contributed by atoms with Crippen molar-refractivity contribution in [2.24, 2.45) is 5.92 Å². The van der Waals surface area contributed by atoms with Crippen molar-refractivity contribution in [3.8, 4) is 0 Å². The molecule has 0 aliphatic carbocycles. The van der Waals surface area contributed by atoms with Crippen LogP contribution in [0.15, 0.2) is 24.3 Å². The standard InChI is InChI=1S/C17H25NO3/c1-13(2)17(20)16-7-5-15(6-8-16)11-18(14(3)4)9-10-21-12-19/h5-8,12-14H,9-11H2,1-4H3. The van der Waals surface area contributed by atoms with Crippen LogP contribution in [0.2, 0.25) is 0 Å². The Morgan fingerprint density at radius 3 is 2.29 bits per heavy atom. The van der Waals surface area contributed by atoms with Crippen LogP contribution in [-0.4, -0.2) is 36.3 Å². The van der Waals surface area contributed by atoms with Crippen molar-refractivity contribution in [2.45, 2.75) is 40.3 Å². The Morgan fingerprint density at radius 2 is 1.81 bits per heavy atom. The molecule has 0 aliphatic rings. The molecular formula is C17H25NO3. The fraction of sp³-hybridized carbons (Fsp3) is 0.529. The van der Waals surface area contributed by atoms with E-state index in [-0.39, 0.29) is 11.7 Å². The third-order valence-electron chi connectivity index (χ3n) is 3.44. The maximum Gasteiger partial charge on any atom is 0.293 e. The summed E-state index contributed by atoms with van der Waals surface area (Å²) in [6, 6.07) is 8.12. The first-order valence-electron chi connectivity index (χ1n) is 7.38. The molecule has 0 amide bonds. The van der Waals surface area contributed by atoms with Gasteiger partial charge >= 0.3 is 0 Å². The Hall–Kier alpha value is -1.68. The Balaban J connectivity index is 2.67. The molecule has 0 aliphatic heterocycles. The summed E-state index contributed by atoms with van der Waals surface area (Å²) in [5.41, 5.74) is 1.91. The molecule has 0 heterocycles. The molecule has 0 spiro atoms.